The number of hydrogen-bond donors (Lipinski definition) is 0. The van der Waals surface area contributed by atoms with Crippen molar-refractivity contribution >= 4 is 5.82 Å². The van der Waals surface area contributed by atoms with E-state index in [4.69, 9.17) is 9.15 Å². The molecule has 0 spiro atoms. The Labute approximate surface area is 142 Å². The SMILES string of the molecule is Cc1ccc(N2C[C@@H](N(C)Cc3ccco3)[C@H]3OCCC[C@H]32)nn1. The van der Waals surface area contributed by atoms with E-state index in [1.807, 2.05) is 25.1 Å². The van der Waals surface area contributed by atoms with Crippen LogP contribution in [0.1, 0.15) is 24.3 Å². The van der Waals surface area contributed by atoms with Crippen molar-refractivity contribution in [1.82, 2.24) is 15.1 Å². The molecule has 4 rings (SSSR count). The molecule has 4 heterocycles. The summed E-state index contributed by atoms with van der Waals surface area (Å²) < 4.78 is 11.7. The van der Waals surface area contributed by atoms with E-state index in [9.17, 15) is 0 Å². The number of likely N-dealkylation sites (N-methyl/N-ethyl adjacent to an activating group) is 1. The van der Waals surface area contributed by atoms with Gasteiger partial charge in [0.1, 0.15) is 5.76 Å². The molecule has 0 aliphatic carbocycles. The van der Waals surface area contributed by atoms with Crippen molar-refractivity contribution in [2.24, 2.45) is 0 Å². The average Bonchev–Trinajstić information content (AvgIpc) is 3.23. The molecule has 128 valence electrons. The van der Waals surface area contributed by atoms with Crippen LogP contribution in [0.3, 0.4) is 0 Å². The molecule has 0 unspecified atom stereocenters. The molecule has 0 aromatic carbocycles. The van der Waals surface area contributed by atoms with E-state index in [0.717, 1.165) is 49.8 Å². The van der Waals surface area contributed by atoms with Gasteiger partial charge >= 0.3 is 0 Å². The van der Waals surface area contributed by atoms with E-state index in [2.05, 4.69) is 33.1 Å². The summed E-state index contributed by atoms with van der Waals surface area (Å²) in [5.41, 5.74) is 0.945. The second-order valence-corrected chi connectivity index (χ2v) is 6.79. The molecule has 0 bridgehead atoms. The minimum Gasteiger partial charge on any atom is -0.468 e. The third-order valence-electron chi connectivity index (χ3n) is 5.13. The van der Waals surface area contributed by atoms with Crippen LogP contribution in [-0.4, -0.2) is 53.5 Å². The Balaban J connectivity index is 1.55. The van der Waals surface area contributed by atoms with Gasteiger partial charge in [-0.2, -0.15) is 5.10 Å². The lowest BCUT2D eigenvalue weighted by molar-refractivity contribution is -0.0256. The highest BCUT2D eigenvalue weighted by molar-refractivity contribution is 5.42. The van der Waals surface area contributed by atoms with Crippen molar-refractivity contribution in [3.05, 3.63) is 42.0 Å². The number of aryl methyl sites for hydroxylation is 1. The van der Waals surface area contributed by atoms with Crippen molar-refractivity contribution < 1.29 is 9.15 Å². The van der Waals surface area contributed by atoms with Gasteiger partial charge in [0.05, 0.1) is 36.7 Å². The molecule has 0 saturated carbocycles. The van der Waals surface area contributed by atoms with Crippen molar-refractivity contribution in [3.8, 4) is 0 Å². The Morgan fingerprint density at radius 2 is 2.21 bits per heavy atom. The molecule has 2 fully saturated rings. The van der Waals surface area contributed by atoms with Crippen molar-refractivity contribution in [2.45, 2.75) is 44.5 Å². The average molecular weight is 328 g/mol. The predicted molar refractivity (Wildman–Crippen MR) is 90.8 cm³/mol. The summed E-state index contributed by atoms with van der Waals surface area (Å²) >= 11 is 0. The van der Waals surface area contributed by atoms with Crippen LogP contribution in [0.25, 0.3) is 0 Å². The zero-order valence-corrected chi connectivity index (χ0v) is 14.3. The predicted octanol–water partition coefficient (Wildman–Crippen LogP) is 2.25. The van der Waals surface area contributed by atoms with E-state index in [1.54, 1.807) is 6.26 Å². The molecular weight excluding hydrogens is 304 g/mol. The minimum absolute atomic E-state index is 0.210. The third-order valence-corrected chi connectivity index (χ3v) is 5.13. The molecule has 0 N–H and O–H groups in total. The monoisotopic (exact) mass is 328 g/mol. The molecule has 2 aromatic heterocycles. The number of anilines is 1. The van der Waals surface area contributed by atoms with Crippen molar-refractivity contribution in [2.75, 3.05) is 25.1 Å². The zero-order valence-electron chi connectivity index (χ0n) is 14.3. The van der Waals surface area contributed by atoms with Gasteiger partial charge in [0.25, 0.3) is 0 Å². The zero-order chi connectivity index (χ0) is 16.5. The molecule has 0 amide bonds. The number of rotatable bonds is 4. The van der Waals surface area contributed by atoms with E-state index < -0.39 is 0 Å². The van der Waals surface area contributed by atoms with Crippen molar-refractivity contribution in [1.29, 1.82) is 0 Å². The maximum absolute atomic E-state index is 6.17. The number of nitrogens with zero attached hydrogens (tertiary/aromatic N) is 4. The van der Waals surface area contributed by atoms with E-state index in [0.29, 0.717) is 12.1 Å². The quantitative estimate of drug-likeness (QED) is 0.858. The summed E-state index contributed by atoms with van der Waals surface area (Å²) in [6.07, 6.45) is 4.19. The fourth-order valence-electron chi connectivity index (χ4n) is 3.89. The Morgan fingerprint density at radius 1 is 1.29 bits per heavy atom. The summed E-state index contributed by atoms with van der Waals surface area (Å²) in [5.74, 6) is 1.94. The lowest BCUT2D eigenvalue weighted by Gasteiger charge is -2.34. The highest BCUT2D eigenvalue weighted by Crippen LogP contribution is 2.34. The first kappa shape index (κ1) is 15.6. The first-order valence-electron chi connectivity index (χ1n) is 8.63. The molecule has 6 heteroatoms. The second-order valence-electron chi connectivity index (χ2n) is 6.79. The topological polar surface area (TPSA) is 54.6 Å². The smallest absolute Gasteiger partial charge is 0.151 e. The van der Waals surface area contributed by atoms with Crippen LogP contribution in [0, 0.1) is 6.92 Å². The van der Waals surface area contributed by atoms with Crippen LogP contribution in [-0.2, 0) is 11.3 Å². The van der Waals surface area contributed by atoms with Crippen LogP contribution in [0.15, 0.2) is 34.9 Å². The Bertz CT molecular complexity index is 658. The minimum atomic E-state index is 0.210. The summed E-state index contributed by atoms with van der Waals surface area (Å²) in [7, 11) is 2.15. The van der Waals surface area contributed by atoms with Gasteiger partial charge in [-0.1, -0.05) is 0 Å². The Hall–Kier alpha value is -1.92. The first-order valence-corrected chi connectivity index (χ1v) is 8.63. The lowest BCUT2D eigenvalue weighted by Crippen LogP contribution is -2.46. The summed E-state index contributed by atoms with van der Waals surface area (Å²) in [6, 6.07) is 8.76. The lowest BCUT2D eigenvalue weighted by atomic mass is 10.00. The van der Waals surface area contributed by atoms with Gasteiger partial charge < -0.3 is 14.1 Å². The summed E-state index contributed by atoms with van der Waals surface area (Å²) in [5, 5.41) is 8.64. The number of hydrogen-bond acceptors (Lipinski definition) is 6. The molecule has 2 saturated heterocycles. The normalized spacial score (nSPS) is 26.8. The summed E-state index contributed by atoms with van der Waals surface area (Å²) in [4.78, 5) is 4.71. The van der Waals surface area contributed by atoms with Gasteiger partial charge in [0.15, 0.2) is 5.82 Å². The first-order chi connectivity index (χ1) is 11.7. The standard InChI is InChI=1S/C18H24N4O2/c1-13-7-8-17(20-19-13)22-12-16(18-15(22)6-4-10-24-18)21(2)11-14-5-3-9-23-14/h3,5,7-9,15-16,18H,4,6,10-12H2,1-2H3/t15-,16-,18+/m1/s1. The number of ether oxygens (including phenoxy) is 1. The van der Waals surface area contributed by atoms with E-state index in [-0.39, 0.29) is 6.10 Å². The molecule has 0 radical (unpaired) electrons. The summed E-state index contributed by atoms with van der Waals surface area (Å²) in [6.45, 7) is 4.51. The van der Waals surface area contributed by atoms with Crippen molar-refractivity contribution in [3.63, 3.8) is 0 Å². The molecular formula is C18H24N4O2. The molecule has 2 aliphatic heterocycles. The molecule has 2 aliphatic rings. The van der Waals surface area contributed by atoms with E-state index >= 15 is 0 Å². The van der Waals surface area contributed by atoms with Gasteiger partial charge in [0, 0.05) is 13.2 Å². The maximum Gasteiger partial charge on any atom is 0.151 e. The number of aromatic nitrogens is 2. The fraction of sp³-hybridized carbons (Fsp3) is 0.556. The van der Waals surface area contributed by atoms with Crippen LogP contribution < -0.4 is 4.90 Å². The van der Waals surface area contributed by atoms with Crippen LogP contribution in [0.2, 0.25) is 0 Å². The van der Waals surface area contributed by atoms with Gasteiger partial charge in [-0.3, -0.25) is 4.90 Å². The fourth-order valence-corrected chi connectivity index (χ4v) is 3.89. The third kappa shape index (κ3) is 2.91. The van der Waals surface area contributed by atoms with Gasteiger partial charge in [-0.15, -0.1) is 5.10 Å². The van der Waals surface area contributed by atoms with Crippen LogP contribution >= 0.6 is 0 Å². The van der Waals surface area contributed by atoms with Gasteiger partial charge in [0.2, 0.25) is 0 Å². The molecule has 3 atom stereocenters. The van der Waals surface area contributed by atoms with Crippen LogP contribution in [0.4, 0.5) is 5.82 Å². The largest absolute Gasteiger partial charge is 0.468 e. The number of furan rings is 1. The Kier molecular flexibility index (Phi) is 4.24. The highest BCUT2D eigenvalue weighted by atomic mass is 16.5. The van der Waals surface area contributed by atoms with Gasteiger partial charge in [-0.05, 0) is 51.1 Å². The van der Waals surface area contributed by atoms with Gasteiger partial charge in [-0.25, -0.2) is 0 Å². The second kappa shape index (κ2) is 6.53. The molecule has 6 nitrogen and oxygen atoms in total. The van der Waals surface area contributed by atoms with E-state index in [1.165, 1.54) is 0 Å². The molecule has 2 aromatic rings. The highest BCUT2D eigenvalue weighted by Gasteiger charge is 2.46. The van der Waals surface area contributed by atoms with Crippen LogP contribution in [0.5, 0.6) is 0 Å². The molecule has 24 heavy (non-hydrogen) atoms. The maximum atomic E-state index is 6.17. The number of fused-ring (bicyclic) bond motifs is 1. The Morgan fingerprint density at radius 3 is 2.96 bits per heavy atom.